The number of carbonyl (C=O) groups is 2. The van der Waals surface area contributed by atoms with Crippen molar-refractivity contribution < 1.29 is 107 Å². The van der Waals surface area contributed by atoms with Gasteiger partial charge in [-0.05, 0) is 0 Å². The first kappa shape index (κ1) is 35.3. The molecule has 0 aromatic rings. The fourth-order valence-corrected chi connectivity index (χ4v) is 2.80. The van der Waals surface area contributed by atoms with E-state index in [0.717, 1.165) is 0 Å². The van der Waals surface area contributed by atoms with Gasteiger partial charge in [-0.2, -0.15) is 0 Å². The summed E-state index contributed by atoms with van der Waals surface area (Å²) in [5.41, 5.74) is 0. The Hall–Kier alpha value is -0.850. The number of phosphoric ester groups is 2. The molecule has 6 N–H and O–H groups in total. The van der Waals surface area contributed by atoms with Gasteiger partial charge in [0.15, 0.2) is 23.7 Å². The van der Waals surface area contributed by atoms with Gasteiger partial charge in [0, 0.05) is 0 Å². The molecule has 0 aromatic carbocycles. The maximum absolute atomic E-state index is 10.9. The molecule has 0 aliphatic carbocycles. The number of carbonyl (C=O) groups excluding carboxylic acids is 2. The van der Waals surface area contributed by atoms with E-state index < -0.39 is 88.3 Å². The number of cyclic esters (lactones) is 2. The number of hydrogen-bond acceptors (Lipinski definition) is 18. The summed E-state index contributed by atoms with van der Waals surface area (Å²) in [6.07, 6.45) is -6.61. The van der Waals surface area contributed by atoms with Crippen molar-refractivity contribution in [3.8, 4) is 0 Å². The first-order chi connectivity index (χ1) is 14.5. The summed E-state index contributed by atoms with van der Waals surface area (Å²) in [6.45, 7) is -1.69. The Kier molecular flexibility index (Phi) is 14.6. The molecule has 0 bridgehead atoms. The quantitative estimate of drug-likeness (QED) is 0.0859. The van der Waals surface area contributed by atoms with E-state index in [1.807, 2.05) is 0 Å². The molecular formula is C12H14MgO18P2Zn. The maximum atomic E-state index is 10.9. The molecule has 0 spiro atoms. The van der Waals surface area contributed by atoms with Gasteiger partial charge >= 0.3 is 54.5 Å². The summed E-state index contributed by atoms with van der Waals surface area (Å²) >= 11 is 0. The smallest absolute Gasteiger partial charge is 0.780 e. The Morgan fingerprint density at radius 1 is 0.794 bits per heavy atom. The molecule has 0 unspecified atom stereocenters. The average Bonchev–Trinajstić information content (AvgIpc) is 3.10. The van der Waals surface area contributed by atoms with E-state index in [1.54, 1.807) is 0 Å². The van der Waals surface area contributed by atoms with Crippen LogP contribution < -0.4 is 19.6 Å². The third kappa shape index (κ3) is 10.0. The largest absolute Gasteiger partial charge is 2.00 e. The molecule has 2 rings (SSSR count). The van der Waals surface area contributed by atoms with Gasteiger partial charge in [0.1, 0.15) is 27.9 Å². The Balaban J connectivity index is 0. The van der Waals surface area contributed by atoms with Gasteiger partial charge in [0.25, 0.3) is 11.5 Å². The fourth-order valence-electron chi connectivity index (χ4n) is 2.02. The number of rotatable bonds is 8. The maximum Gasteiger partial charge on any atom is 2.00 e. The second-order valence-corrected chi connectivity index (χ2v) is 7.81. The fraction of sp³-hybridized carbons (Fsp3) is 0.500. The number of esters is 2. The van der Waals surface area contributed by atoms with Crippen LogP contribution in [0.25, 0.3) is 0 Å². The van der Waals surface area contributed by atoms with Crippen LogP contribution in [-0.4, -0.2) is 103 Å². The molecule has 184 valence electrons. The molecule has 2 heterocycles. The zero-order valence-electron chi connectivity index (χ0n) is 16.6. The molecule has 0 fully saturated rings. The van der Waals surface area contributed by atoms with E-state index in [1.165, 1.54) is 0 Å². The van der Waals surface area contributed by atoms with E-state index in [-0.39, 0.29) is 42.5 Å². The van der Waals surface area contributed by atoms with Crippen molar-refractivity contribution in [3.05, 3.63) is 23.0 Å². The van der Waals surface area contributed by atoms with Crippen molar-refractivity contribution in [1.82, 2.24) is 0 Å². The summed E-state index contributed by atoms with van der Waals surface area (Å²) in [5, 5.41) is 53.6. The van der Waals surface area contributed by atoms with Crippen molar-refractivity contribution in [2.45, 2.75) is 24.4 Å². The zero-order valence-corrected chi connectivity index (χ0v) is 22.8. The molecule has 2 aliphatic heterocycles. The predicted molar refractivity (Wildman–Crippen MR) is 88.4 cm³/mol. The molecule has 22 heteroatoms. The first-order valence-electron chi connectivity index (χ1n) is 7.81. The standard InChI is InChI=1S/2C6H9O9P.Mg.Zn/c2*7-1-2(8)4-3(9)5(6(10)14-4)15-16(11,12)13;;/h2*2,4,7-9H,1H2,(H2,11,12,13);;/q;;2*+2/p-4/t2*2-,4+;;/m00../s1. The second-order valence-electron chi connectivity index (χ2n) is 5.66. The molecular weight excluding hydrogens is 584 g/mol. The topological polar surface area (TPSA) is 319 Å². The van der Waals surface area contributed by atoms with Crippen molar-refractivity contribution in [2.24, 2.45) is 0 Å². The summed E-state index contributed by atoms with van der Waals surface area (Å²) in [7, 11) is -11.0. The van der Waals surface area contributed by atoms with E-state index in [4.69, 9.17) is 20.4 Å². The number of phosphoric acid groups is 2. The SMILES string of the molecule is O=C1O[C@H]([C@@H](O)CO)C(O)=C1OP(=O)([O-])[O-].O=C1O[C@H]([C@@H](O)CO)C(O)=C1OP(=O)([O-])[O-].[Mg+2].[Zn+2]. The first-order valence-corrected chi connectivity index (χ1v) is 10.7. The van der Waals surface area contributed by atoms with E-state index in [2.05, 4.69) is 18.5 Å². The number of ether oxygens (including phenoxy) is 2. The molecule has 34 heavy (non-hydrogen) atoms. The minimum Gasteiger partial charge on any atom is -0.780 e. The van der Waals surface area contributed by atoms with Gasteiger partial charge < -0.3 is 77.9 Å². The van der Waals surface area contributed by atoms with Crippen LogP contribution in [0.1, 0.15) is 0 Å². The zero-order chi connectivity index (χ0) is 25.0. The van der Waals surface area contributed by atoms with Crippen molar-refractivity contribution in [2.75, 3.05) is 13.2 Å². The Morgan fingerprint density at radius 3 is 1.26 bits per heavy atom. The number of aliphatic hydroxyl groups is 6. The van der Waals surface area contributed by atoms with Crippen molar-refractivity contribution >= 4 is 50.6 Å². The summed E-state index contributed by atoms with van der Waals surface area (Å²) in [4.78, 5) is 62.7. The van der Waals surface area contributed by atoms with E-state index in [0.29, 0.717) is 0 Å². The van der Waals surface area contributed by atoms with Gasteiger partial charge in [0.2, 0.25) is 0 Å². The van der Waals surface area contributed by atoms with Crippen LogP contribution in [0.3, 0.4) is 0 Å². The molecule has 0 aromatic heterocycles. The average molecular weight is 598 g/mol. The van der Waals surface area contributed by atoms with Gasteiger partial charge in [0.05, 0.1) is 13.2 Å². The minimum atomic E-state index is -5.52. The predicted octanol–water partition coefficient (Wildman–Crippen LogP) is -6.62. The molecule has 4 atom stereocenters. The van der Waals surface area contributed by atoms with E-state index in [9.17, 15) is 48.5 Å². The molecule has 0 saturated heterocycles. The van der Waals surface area contributed by atoms with Gasteiger partial charge in [-0.1, -0.05) is 0 Å². The Bertz CT molecular complexity index is 821. The third-order valence-corrected chi connectivity index (χ3v) is 4.13. The van der Waals surface area contributed by atoms with Crippen LogP contribution >= 0.6 is 15.6 Å². The third-order valence-electron chi connectivity index (χ3n) is 3.32. The monoisotopic (exact) mass is 596 g/mol. The normalized spacial score (nSPS) is 21.9. The van der Waals surface area contributed by atoms with Crippen LogP contribution in [0.5, 0.6) is 0 Å². The van der Waals surface area contributed by atoms with Crippen LogP contribution in [0.4, 0.5) is 0 Å². The summed E-state index contributed by atoms with van der Waals surface area (Å²) in [6, 6.07) is 0. The van der Waals surface area contributed by atoms with E-state index >= 15 is 0 Å². The molecule has 2 aliphatic rings. The van der Waals surface area contributed by atoms with Crippen molar-refractivity contribution in [3.63, 3.8) is 0 Å². The molecule has 0 saturated carbocycles. The van der Waals surface area contributed by atoms with Gasteiger partial charge in [-0.15, -0.1) is 0 Å². The summed E-state index contributed by atoms with van der Waals surface area (Å²) in [5.74, 6) is -7.35. The molecule has 18 nitrogen and oxygen atoms in total. The Morgan fingerprint density at radius 2 is 1.06 bits per heavy atom. The minimum absolute atomic E-state index is 0. The second kappa shape index (κ2) is 14.0. The Labute approximate surface area is 217 Å². The van der Waals surface area contributed by atoms with Gasteiger partial charge in [-0.3, -0.25) is 0 Å². The summed E-state index contributed by atoms with van der Waals surface area (Å²) < 4.78 is 36.3. The van der Waals surface area contributed by atoms with Gasteiger partial charge in [-0.25, -0.2) is 9.59 Å². The van der Waals surface area contributed by atoms with Crippen LogP contribution in [0.15, 0.2) is 23.0 Å². The number of hydrogen-bond donors (Lipinski definition) is 6. The molecule has 0 amide bonds. The van der Waals surface area contributed by atoms with Crippen LogP contribution in [0.2, 0.25) is 0 Å². The van der Waals surface area contributed by atoms with Crippen LogP contribution in [-0.2, 0) is 56.7 Å². The number of aliphatic hydroxyl groups excluding tert-OH is 6. The molecule has 0 radical (unpaired) electrons. The van der Waals surface area contributed by atoms with Crippen LogP contribution in [0, 0.1) is 0 Å². The van der Waals surface area contributed by atoms with Crippen molar-refractivity contribution in [1.29, 1.82) is 0 Å².